The van der Waals surface area contributed by atoms with Gasteiger partial charge in [-0.15, -0.1) is 0 Å². The second-order valence-corrected chi connectivity index (χ2v) is 6.46. The standard InChI is InChI=1S/C18H21ClN4O/c1-13-20-16(18(24)23-9-4-2-3-5-10-23)12-17(21-13)22-15-8-6-7-14(19)11-15/h6-8,11-12H,2-5,9-10H2,1H3,(H,20,21,22). The maximum Gasteiger partial charge on any atom is 0.272 e. The number of hydrogen-bond acceptors (Lipinski definition) is 4. The fourth-order valence-electron chi connectivity index (χ4n) is 2.89. The van der Waals surface area contributed by atoms with Crippen LogP contribution >= 0.6 is 11.6 Å². The minimum Gasteiger partial charge on any atom is -0.340 e. The molecule has 1 aromatic carbocycles. The van der Waals surface area contributed by atoms with Crippen LogP contribution in [0.25, 0.3) is 0 Å². The van der Waals surface area contributed by atoms with E-state index in [0.29, 0.717) is 22.4 Å². The van der Waals surface area contributed by atoms with Gasteiger partial charge in [-0.25, -0.2) is 9.97 Å². The lowest BCUT2D eigenvalue weighted by Gasteiger charge is -2.20. The van der Waals surface area contributed by atoms with E-state index in [9.17, 15) is 4.79 Å². The van der Waals surface area contributed by atoms with Crippen LogP contribution in [-0.2, 0) is 0 Å². The zero-order chi connectivity index (χ0) is 16.9. The van der Waals surface area contributed by atoms with Crippen LogP contribution in [-0.4, -0.2) is 33.9 Å². The molecule has 6 heteroatoms. The molecule has 3 rings (SSSR count). The summed E-state index contributed by atoms with van der Waals surface area (Å²) >= 11 is 6.01. The number of aryl methyl sites for hydroxylation is 1. The molecule has 0 radical (unpaired) electrons. The Kier molecular flexibility index (Phi) is 5.30. The molecule has 1 amide bonds. The SMILES string of the molecule is Cc1nc(Nc2cccc(Cl)c2)cc(C(=O)N2CCCCCC2)n1. The van der Waals surface area contributed by atoms with Crippen LogP contribution < -0.4 is 5.32 Å². The Morgan fingerprint density at radius 3 is 2.58 bits per heavy atom. The number of likely N-dealkylation sites (tertiary alicyclic amines) is 1. The lowest BCUT2D eigenvalue weighted by Crippen LogP contribution is -2.32. The van der Waals surface area contributed by atoms with Gasteiger partial charge in [0, 0.05) is 29.9 Å². The van der Waals surface area contributed by atoms with Crippen molar-refractivity contribution >= 4 is 29.0 Å². The number of rotatable bonds is 3. The molecule has 1 saturated heterocycles. The maximum atomic E-state index is 12.8. The van der Waals surface area contributed by atoms with Gasteiger partial charge in [0.05, 0.1) is 0 Å². The third kappa shape index (κ3) is 4.23. The molecule has 0 unspecified atom stereocenters. The molecule has 1 fully saturated rings. The molecule has 0 aliphatic carbocycles. The van der Waals surface area contributed by atoms with E-state index in [4.69, 9.17) is 11.6 Å². The molecule has 24 heavy (non-hydrogen) atoms. The molecule has 2 aromatic rings. The average Bonchev–Trinajstić information content (AvgIpc) is 2.83. The summed E-state index contributed by atoms with van der Waals surface area (Å²) in [5.41, 5.74) is 1.27. The number of nitrogens with one attached hydrogen (secondary N) is 1. The number of anilines is 2. The van der Waals surface area contributed by atoms with Crippen molar-refractivity contribution in [3.8, 4) is 0 Å². The molecule has 1 aromatic heterocycles. The Hall–Kier alpha value is -2.14. The van der Waals surface area contributed by atoms with Crippen molar-refractivity contribution in [2.75, 3.05) is 18.4 Å². The summed E-state index contributed by atoms with van der Waals surface area (Å²) in [4.78, 5) is 23.4. The summed E-state index contributed by atoms with van der Waals surface area (Å²) in [6.07, 6.45) is 4.50. The van der Waals surface area contributed by atoms with Crippen molar-refractivity contribution in [1.82, 2.24) is 14.9 Å². The molecular formula is C18H21ClN4O. The van der Waals surface area contributed by atoms with Crippen LogP contribution in [0, 0.1) is 6.92 Å². The first-order valence-electron chi connectivity index (χ1n) is 8.29. The number of carbonyl (C=O) groups excluding carboxylic acids is 1. The number of halogens is 1. The van der Waals surface area contributed by atoms with Gasteiger partial charge in [-0.3, -0.25) is 4.79 Å². The zero-order valence-corrected chi connectivity index (χ0v) is 14.5. The van der Waals surface area contributed by atoms with E-state index in [1.807, 2.05) is 29.2 Å². The Labute approximate surface area is 147 Å². The molecule has 2 heterocycles. The van der Waals surface area contributed by atoms with E-state index in [1.54, 1.807) is 13.0 Å². The predicted molar refractivity (Wildman–Crippen MR) is 95.9 cm³/mol. The van der Waals surface area contributed by atoms with Gasteiger partial charge in [-0.05, 0) is 38.0 Å². The smallest absolute Gasteiger partial charge is 0.272 e. The molecule has 0 bridgehead atoms. The van der Waals surface area contributed by atoms with Gasteiger partial charge in [0.25, 0.3) is 5.91 Å². The van der Waals surface area contributed by atoms with Crippen LogP contribution in [0.4, 0.5) is 11.5 Å². The van der Waals surface area contributed by atoms with Crippen molar-refractivity contribution in [2.24, 2.45) is 0 Å². The number of carbonyl (C=O) groups is 1. The Balaban J connectivity index is 1.81. The van der Waals surface area contributed by atoms with Crippen LogP contribution in [0.1, 0.15) is 42.0 Å². The van der Waals surface area contributed by atoms with Gasteiger partial charge in [0.1, 0.15) is 17.3 Å². The summed E-state index contributed by atoms with van der Waals surface area (Å²) in [6, 6.07) is 9.10. The monoisotopic (exact) mass is 344 g/mol. The van der Waals surface area contributed by atoms with Gasteiger partial charge in [-0.1, -0.05) is 30.5 Å². The van der Waals surface area contributed by atoms with E-state index < -0.39 is 0 Å². The van der Waals surface area contributed by atoms with Crippen molar-refractivity contribution in [1.29, 1.82) is 0 Å². The Morgan fingerprint density at radius 1 is 1.12 bits per heavy atom. The highest BCUT2D eigenvalue weighted by atomic mass is 35.5. The first-order valence-corrected chi connectivity index (χ1v) is 8.67. The van der Waals surface area contributed by atoms with Gasteiger partial charge >= 0.3 is 0 Å². The van der Waals surface area contributed by atoms with Crippen LogP contribution in [0.5, 0.6) is 0 Å². The lowest BCUT2D eigenvalue weighted by atomic mass is 10.2. The maximum absolute atomic E-state index is 12.8. The molecule has 1 N–H and O–H groups in total. The summed E-state index contributed by atoms with van der Waals surface area (Å²) in [7, 11) is 0. The largest absolute Gasteiger partial charge is 0.340 e. The summed E-state index contributed by atoms with van der Waals surface area (Å²) in [5, 5.41) is 3.83. The Bertz CT molecular complexity index is 727. The highest BCUT2D eigenvalue weighted by Gasteiger charge is 2.19. The fraction of sp³-hybridized carbons (Fsp3) is 0.389. The quantitative estimate of drug-likeness (QED) is 0.906. The van der Waals surface area contributed by atoms with Crippen LogP contribution in [0.15, 0.2) is 30.3 Å². The van der Waals surface area contributed by atoms with Crippen LogP contribution in [0.3, 0.4) is 0 Å². The lowest BCUT2D eigenvalue weighted by molar-refractivity contribution is 0.0755. The normalized spacial score (nSPS) is 15.0. The number of hydrogen-bond donors (Lipinski definition) is 1. The number of aromatic nitrogens is 2. The molecule has 126 valence electrons. The average molecular weight is 345 g/mol. The Morgan fingerprint density at radius 2 is 1.88 bits per heavy atom. The predicted octanol–water partition coefficient (Wildman–Crippen LogP) is 4.20. The molecule has 0 atom stereocenters. The third-order valence-electron chi connectivity index (χ3n) is 4.05. The highest BCUT2D eigenvalue weighted by molar-refractivity contribution is 6.30. The number of amides is 1. The van der Waals surface area contributed by atoms with Crippen molar-refractivity contribution in [3.05, 3.63) is 46.9 Å². The molecule has 0 spiro atoms. The molecule has 5 nitrogen and oxygen atoms in total. The minimum atomic E-state index is -0.0171. The van der Waals surface area contributed by atoms with Crippen LogP contribution in [0.2, 0.25) is 5.02 Å². The van der Waals surface area contributed by atoms with Crippen molar-refractivity contribution in [3.63, 3.8) is 0 Å². The van der Waals surface area contributed by atoms with Gasteiger partial charge in [0.15, 0.2) is 0 Å². The van der Waals surface area contributed by atoms with E-state index in [0.717, 1.165) is 31.6 Å². The number of benzene rings is 1. The second kappa shape index (κ2) is 7.62. The van der Waals surface area contributed by atoms with E-state index in [1.165, 1.54) is 12.8 Å². The summed E-state index contributed by atoms with van der Waals surface area (Å²) in [5.74, 6) is 1.15. The second-order valence-electron chi connectivity index (χ2n) is 6.03. The summed E-state index contributed by atoms with van der Waals surface area (Å²) in [6.45, 7) is 3.40. The van der Waals surface area contributed by atoms with E-state index >= 15 is 0 Å². The van der Waals surface area contributed by atoms with Crippen molar-refractivity contribution < 1.29 is 4.79 Å². The van der Waals surface area contributed by atoms with Gasteiger partial charge in [0.2, 0.25) is 0 Å². The van der Waals surface area contributed by atoms with E-state index in [-0.39, 0.29) is 5.91 Å². The fourth-order valence-corrected chi connectivity index (χ4v) is 3.08. The van der Waals surface area contributed by atoms with Crippen molar-refractivity contribution in [2.45, 2.75) is 32.6 Å². The third-order valence-corrected chi connectivity index (χ3v) is 4.28. The first kappa shape index (κ1) is 16.7. The molecule has 0 saturated carbocycles. The molecular weight excluding hydrogens is 324 g/mol. The van der Waals surface area contributed by atoms with E-state index in [2.05, 4.69) is 15.3 Å². The summed E-state index contributed by atoms with van der Waals surface area (Å²) < 4.78 is 0. The highest BCUT2D eigenvalue weighted by Crippen LogP contribution is 2.20. The van der Waals surface area contributed by atoms with Gasteiger partial charge in [-0.2, -0.15) is 0 Å². The zero-order valence-electron chi connectivity index (χ0n) is 13.8. The minimum absolute atomic E-state index is 0.0171. The first-order chi connectivity index (χ1) is 11.6. The topological polar surface area (TPSA) is 58.1 Å². The van der Waals surface area contributed by atoms with Gasteiger partial charge < -0.3 is 10.2 Å². The molecule has 1 aliphatic heterocycles. The molecule has 1 aliphatic rings. The number of nitrogens with zero attached hydrogens (tertiary/aromatic N) is 3.